The number of H-pyrrole nitrogens is 1. The van der Waals surface area contributed by atoms with Crippen molar-refractivity contribution in [2.45, 2.75) is 56.5 Å². The molecule has 218 valence electrons. The zero-order chi connectivity index (χ0) is 30.1. The number of primary amides is 1. The molecule has 0 spiro atoms. The van der Waals surface area contributed by atoms with Crippen LogP contribution in [0.4, 0.5) is 0 Å². The van der Waals surface area contributed by atoms with Gasteiger partial charge in [-0.15, -0.1) is 0 Å². The molecule has 3 rings (SSSR count). The molecule has 0 saturated heterocycles. The number of aliphatic hydroxyl groups excluding tert-OH is 1. The molecule has 13 heteroatoms. The fraction of sp³-hybridized carbons (Fsp3) is 0.321. The number of amides is 4. The van der Waals surface area contributed by atoms with Crippen LogP contribution in [0.1, 0.15) is 24.5 Å². The summed E-state index contributed by atoms with van der Waals surface area (Å²) >= 11 is 0. The Morgan fingerprint density at radius 3 is 2.10 bits per heavy atom. The SMILES string of the molecule is CC(O)C(NC(=O)C(Cc1c[nH]c2ccccc12)NC(=O)C(CC(N)=O)NC(=O)C(N)Cc1ccccc1)C(=O)O. The van der Waals surface area contributed by atoms with E-state index in [1.54, 1.807) is 42.6 Å². The minimum atomic E-state index is -1.65. The first-order chi connectivity index (χ1) is 19.5. The number of carbonyl (C=O) groups is 5. The zero-order valence-corrected chi connectivity index (χ0v) is 22.4. The molecule has 2 aromatic carbocycles. The van der Waals surface area contributed by atoms with Gasteiger partial charge in [-0.05, 0) is 30.5 Å². The normalized spacial score (nSPS) is 14.7. The number of nitrogens with one attached hydrogen (secondary N) is 4. The number of hydrogen-bond acceptors (Lipinski definition) is 7. The Labute approximate surface area is 235 Å². The third-order valence-electron chi connectivity index (χ3n) is 6.45. The minimum absolute atomic E-state index is 0.0848. The highest BCUT2D eigenvalue weighted by molar-refractivity contribution is 5.96. The molecule has 0 radical (unpaired) electrons. The number of carbonyl (C=O) groups excluding carboxylic acids is 4. The number of carboxylic acid groups (broad SMARTS) is 1. The smallest absolute Gasteiger partial charge is 0.328 e. The Balaban J connectivity index is 1.82. The van der Waals surface area contributed by atoms with Gasteiger partial charge in [0.15, 0.2) is 6.04 Å². The van der Waals surface area contributed by atoms with E-state index in [0.717, 1.165) is 16.5 Å². The van der Waals surface area contributed by atoms with Gasteiger partial charge < -0.3 is 42.6 Å². The lowest BCUT2D eigenvalue weighted by Crippen LogP contribution is -2.59. The van der Waals surface area contributed by atoms with Gasteiger partial charge in [0.1, 0.15) is 12.1 Å². The number of nitrogens with two attached hydrogens (primary N) is 2. The molecule has 41 heavy (non-hydrogen) atoms. The summed E-state index contributed by atoms with van der Waals surface area (Å²) < 4.78 is 0. The van der Waals surface area contributed by atoms with Crippen molar-refractivity contribution in [3.05, 3.63) is 71.9 Å². The topological polar surface area (TPSA) is 230 Å². The summed E-state index contributed by atoms with van der Waals surface area (Å²) in [7, 11) is 0. The Kier molecular flexibility index (Phi) is 10.6. The summed E-state index contributed by atoms with van der Waals surface area (Å²) in [6.07, 6.45) is -0.292. The third kappa shape index (κ3) is 8.62. The monoisotopic (exact) mass is 566 g/mol. The number of aliphatic hydroxyl groups is 1. The summed E-state index contributed by atoms with van der Waals surface area (Å²) in [4.78, 5) is 65.8. The van der Waals surface area contributed by atoms with Gasteiger partial charge in [-0.2, -0.15) is 0 Å². The number of aliphatic carboxylic acids is 1. The second kappa shape index (κ2) is 14.1. The van der Waals surface area contributed by atoms with Crippen LogP contribution in [0.2, 0.25) is 0 Å². The fourth-order valence-electron chi connectivity index (χ4n) is 4.29. The van der Waals surface area contributed by atoms with Crippen molar-refractivity contribution in [1.29, 1.82) is 0 Å². The molecule has 10 N–H and O–H groups in total. The summed E-state index contributed by atoms with van der Waals surface area (Å²) in [6.45, 7) is 1.20. The van der Waals surface area contributed by atoms with Gasteiger partial charge in [0.25, 0.3) is 0 Å². The highest BCUT2D eigenvalue weighted by atomic mass is 16.4. The number of fused-ring (bicyclic) bond motifs is 1. The summed E-state index contributed by atoms with van der Waals surface area (Å²) in [5.74, 6) is -4.89. The lowest BCUT2D eigenvalue weighted by atomic mass is 10.0. The van der Waals surface area contributed by atoms with Crippen LogP contribution in [0.15, 0.2) is 60.8 Å². The van der Waals surface area contributed by atoms with Crippen LogP contribution in [-0.2, 0) is 36.8 Å². The predicted octanol–water partition coefficient (Wildman–Crippen LogP) is -0.924. The van der Waals surface area contributed by atoms with Gasteiger partial charge in [0.05, 0.1) is 18.6 Å². The summed E-state index contributed by atoms with van der Waals surface area (Å²) in [5.41, 5.74) is 13.5. The van der Waals surface area contributed by atoms with E-state index in [4.69, 9.17) is 11.5 Å². The molecule has 0 aliphatic heterocycles. The van der Waals surface area contributed by atoms with Crippen LogP contribution >= 0.6 is 0 Å². The van der Waals surface area contributed by atoms with Crippen LogP contribution in [0.25, 0.3) is 10.9 Å². The lowest BCUT2D eigenvalue weighted by molar-refractivity contribution is -0.145. The molecule has 4 amide bonds. The van der Waals surface area contributed by atoms with E-state index in [1.807, 2.05) is 18.2 Å². The molecule has 0 fully saturated rings. The Hall–Kier alpha value is -4.75. The first kappa shape index (κ1) is 30.8. The van der Waals surface area contributed by atoms with E-state index in [2.05, 4.69) is 20.9 Å². The number of carboxylic acids is 1. The van der Waals surface area contributed by atoms with Crippen molar-refractivity contribution in [1.82, 2.24) is 20.9 Å². The standard InChI is InChI=1S/C28H34N6O7/c1-15(35)24(28(40)41)34-27(39)21(12-17-14-31-20-10-6-5-9-18(17)20)33-26(38)22(13-23(30)36)32-25(37)19(29)11-16-7-3-2-4-8-16/h2-10,14-15,19,21-22,24,31,35H,11-13,29H2,1H3,(H2,30,36)(H,32,37)(H,33,38)(H,34,39)(H,40,41). The molecule has 0 aliphatic rings. The van der Waals surface area contributed by atoms with Crippen LogP contribution in [0, 0.1) is 0 Å². The Morgan fingerprint density at radius 2 is 1.46 bits per heavy atom. The summed E-state index contributed by atoms with van der Waals surface area (Å²) in [5, 5.41) is 27.2. The van der Waals surface area contributed by atoms with Gasteiger partial charge in [0.2, 0.25) is 23.6 Å². The van der Waals surface area contributed by atoms with Gasteiger partial charge in [-0.3, -0.25) is 19.2 Å². The third-order valence-corrected chi connectivity index (χ3v) is 6.45. The summed E-state index contributed by atoms with van der Waals surface area (Å²) in [6, 6.07) is 10.7. The second-order valence-corrected chi connectivity index (χ2v) is 9.72. The average Bonchev–Trinajstić information content (AvgIpc) is 3.33. The van der Waals surface area contributed by atoms with Gasteiger partial charge in [-0.25, -0.2) is 4.79 Å². The quantitative estimate of drug-likeness (QED) is 0.121. The number of rotatable bonds is 14. The average molecular weight is 567 g/mol. The molecule has 13 nitrogen and oxygen atoms in total. The van der Waals surface area contributed by atoms with Gasteiger partial charge >= 0.3 is 5.97 Å². The molecular weight excluding hydrogens is 532 g/mol. The van der Waals surface area contributed by atoms with Crippen molar-refractivity contribution in [3.8, 4) is 0 Å². The van der Waals surface area contributed by atoms with Crippen LogP contribution in [0.3, 0.4) is 0 Å². The molecule has 5 unspecified atom stereocenters. The second-order valence-electron chi connectivity index (χ2n) is 9.72. The van der Waals surface area contributed by atoms with E-state index in [0.29, 0.717) is 5.56 Å². The molecular formula is C28H34N6O7. The molecule has 1 heterocycles. The van der Waals surface area contributed by atoms with E-state index in [9.17, 15) is 34.2 Å². The zero-order valence-electron chi connectivity index (χ0n) is 22.4. The van der Waals surface area contributed by atoms with Crippen molar-refractivity contribution in [3.63, 3.8) is 0 Å². The molecule has 1 aromatic heterocycles. The number of aromatic amines is 1. The molecule has 0 bridgehead atoms. The Morgan fingerprint density at radius 1 is 0.854 bits per heavy atom. The fourth-order valence-corrected chi connectivity index (χ4v) is 4.29. The maximum Gasteiger partial charge on any atom is 0.328 e. The first-order valence-electron chi connectivity index (χ1n) is 12.9. The van der Waals surface area contributed by atoms with Crippen molar-refractivity contribution < 1.29 is 34.2 Å². The minimum Gasteiger partial charge on any atom is -0.480 e. The van der Waals surface area contributed by atoms with E-state index < -0.39 is 66.3 Å². The first-order valence-corrected chi connectivity index (χ1v) is 12.9. The van der Waals surface area contributed by atoms with E-state index in [-0.39, 0.29) is 12.8 Å². The number of aromatic nitrogens is 1. The van der Waals surface area contributed by atoms with E-state index in [1.165, 1.54) is 6.92 Å². The van der Waals surface area contributed by atoms with Crippen LogP contribution < -0.4 is 27.4 Å². The van der Waals surface area contributed by atoms with Crippen molar-refractivity contribution >= 4 is 40.5 Å². The number of para-hydroxylation sites is 1. The molecule has 0 aliphatic carbocycles. The van der Waals surface area contributed by atoms with Crippen LogP contribution in [0.5, 0.6) is 0 Å². The highest BCUT2D eigenvalue weighted by Gasteiger charge is 2.33. The Bertz CT molecular complexity index is 1390. The maximum absolute atomic E-state index is 13.3. The maximum atomic E-state index is 13.3. The highest BCUT2D eigenvalue weighted by Crippen LogP contribution is 2.19. The molecule has 0 saturated carbocycles. The van der Waals surface area contributed by atoms with Crippen molar-refractivity contribution in [2.24, 2.45) is 11.5 Å². The predicted molar refractivity (Wildman–Crippen MR) is 149 cm³/mol. The van der Waals surface area contributed by atoms with Crippen LogP contribution in [-0.4, -0.2) is 75.1 Å². The van der Waals surface area contributed by atoms with E-state index >= 15 is 0 Å². The number of hydrogen-bond donors (Lipinski definition) is 8. The van der Waals surface area contributed by atoms with Crippen molar-refractivity contribution in [2.75, 3.05) is 0 Å². The molecule has 5 atom stereocenters. The lowest BCUT2D eigenvalue weighted by Gasteiger charge is -2.25. The van der Waals surface area contributed by atoms with Gasteiger partial charge in [-0.1, -0.05) is 48.5 Å². The number of benzene rings is 2. The largest absolute Gasteiger partial charge is 0.480 e. The van der Waals surface area contributed by atoms with Gasteiger partial charge in [0, 0.05) is 23.5 Å². The molecule has 3 aromatic rings.